The van der Waals surface area contributed by atoms with Gasteiger partial charge in [0, 0.05) is 19.8 Å². The second kappa shape index (κ2) is 12.2. The minimum Gasteiger partial charge on any atom is -0.381 e. The van der Waals surface area contributed by atoms with Gasteiger partial charge in [-0.05, 0) is 18.4 Å². The Hall–Kier alpha value is -0.860. The summed E-state index contributed by atoms with van der Waals surface area (Å²) in [6, 6.07) is 10.3. The van der Waals surface area contributed by atoms with E-state index >= 15 is 0 Å². The van der Waals surface area contributed by atoms with E-state index in [-0.39, 0.29) is 0 Å². The van der Waals surface area contributed by atoms with Gasteiger partial charge in [-0.25, -0.2) is 0 Å². The molecule has 0 heterocycles. The molecule has 0 aromatic heterocycles. The Morgan fingerprint density at radius 2 is 1.42 bits per heavy atom. The summed E-state index contributed by atoms with van der Waals surface area (Å²) in [4.78, 5) is 0. The lowest BCUT2D eigenvalue weighted by molar-refractivity contribution is 0.0743. The van der Waals surface area contributed by atoms with E-state index in [4.69, 9.17) is 9.47 Å². The van der Waals surface area contributed by atoms with E-state index in [0.29, 0.717) is 6.61 Å². The van der Waals surface area contributed by atoms with E-state index in [1.54, 1.807) is 0 Å². The van der Waals surface area contributed by atoms with Crippen molar-refractivity contribution in [3.63, 3.8) is 0 Å². The van der Waals surface area contributed by atoms with Crippen LogP contribution in [0.1, 0.15) is 51.0 Å². The van der Waals surface area contributed by atoms with Crippen LogP contribution in [-0.2, 0) is 16.1 Å². The van der Waals surface area contributed by atoms with Crippen LogP contribution < -0.4 is 0 Å². The van der Waals surface area contributed by atoms with Crippen molar-refractivity contribution in [3.05, 3.63) is 35.9 Å². The van der Waals surface area contributed by atoms with E-state index < -0.39 is 0 Å². The van der Waals surface area contributed by atoms with Crippen LogP contribution in [-0.4, -0.2) is 19.8 Å². The number of rotatable bonds is 12. The van der Waals surface area contributed by atoms with Crippen LogP contribution in [0.4, 0.5) is 0 Å². The second-order valence-electron chi connectivity index (χ2n) is 4.92. The molecule has 0 atom stereocenters. The van der Waals surface area contributed by atoms with Crippen LogP contribution in [0, 0.1) is 0 Å². The Kier molecular flexibility index (Phi) is 10.4. The maximum absolute atomic E-state index is 5.60. The lowest BCUT2D eigenvalue weighted by Gasteiger charge is -2.06. The van der Waals surface area contributed by atoms with Gasteiger partial charge in [0.25, 0.3) is 0 Å². The highest BCUT2D eigenvalue weighted by atomic mass is 16.5. The Bertz CT molecular complexity index is 285. The zero-order valence-corrected chi connectivity index (χ0v) is 12.3. The maximum Gasteiger partial charge on any atom is 0.0716 e. The number of ether oxygens (including phenoxy) is 2. The van der Waals surface area contributed by atoms with Crippen molar-refractivity contribution >= 4 is 0 Å². The molecule has 1 aromatic carbocycles. The van der Waals surface area contributed by atoms with Crippen molar-refractivity contribution in [2.45, 2.75) is 52.1 Å². The average molecular weight is 264 g/mol. The molecule has 0 saturated heterocycles. The fraction of sp³-hybridized carbons (Fsp3) is 0.647. The third kappa shape index (κ3) is 9.69. The van der Waals surface area contributed by atoms with Crippen molar-refractivity contribution < 1.29 is 9.47 Å². The first-order chi connectivity index (χ1) is 9.43. The fourth-order valence-electron chi connectivity index (χ4n) is 1.94. The van der Waals surface area contributed by atoms with Crippen molar-refractivity contribution in [1.29, 1.82) is 0 Å². The molecular formula is C17H28O2. The molecule has 0 aliphatic heterocycles. The minimum atomic E-state index is 0.706. The highest BCUT2D eigenvalue weighted by Crippen LogP contribution is 2.03. The van der Waals surface area contributed by atoms with Crippen molar-refractivity contribution in [1.82, 2.24) is 0 Å². The van der Waals surface area contributed by atoms with Crippen LogP contribution in [0.15, 0.2) is 30.3 Å². The minimum absolute atomic E-state index is 0.706. The van der Waals surface area contributed by atoms with Crippen molar-refractivity contribution in [2.24, 2.45) is 0 Å². The number of unbranched alkanes of at least 4 members (excludes halogenated alkanes) is 4. The number of hydrogen-bond acceptors (Lipinski definition) is 2. The molecule has 0 amide bonds. The van der Waals surface area contributed by atoms with Gasteiger partial charge in [-0.3, -0.25) is 0 Å². The van der Waals surface area contributed by atoms with Crippen molar-refractivity contribution in [2.75, 3.05) is 19.8 Å². The molecule has 2 heteroatoms. The third-order valence-corrected chi connectivity index (χ3v) is 3.08. The van der Waals surface area contributed by atoms with E-state index in [1.807, 2.05) is 18.2 Å². The first-order valence-electron chi connectivity index (χ1n) is 7.63. The monoisotopic (exact) mass is 264 g/mol. The summed E-state index contributed by atoms with van der Waals surface area (Å²) in [5, 5.41) is 0. The van der Waals surface area contributed by atoms with Gasteiger partial charge in [0.1, 0.15) is 0 Å². The summed E-state index contributed by atoms with van der Waals surface area (Å²) in [7, 11) is 0. The van der Waals surface area contributed by atoms with Gasteiger partial charge in [0.05, 0.1) is 6.61 Å². The molecule has 2 nitrogen and oxygen atoms in total. The molecular weight excluding hydrogens is 236 g/mol. The van der Waals surface area contributed by atoms with Gasteiger partial charge in [-0.2, -0.15) is 0 Å². The molecule has 108 valence electrons. The molecule has 0 spiro atoms. The molecule has 19 heavy (non-hydrogen) atoms. The van der Waals surface area contributed by atoms with E-state index in [2.05, 4.69) is 19.1 Å². The summed E-state index contributed by atoms with van der Waals surface area (Å²) in [5.74, 6) is 0. The SMILES string of the molecule is CCCCCCCOCCCOCc1ccccc1. The van der Waals surface area contributed by atoms with Crippen LogP contribution in [0.3, 0.4) is 0 Å². The van der Waals surface area contributed by atoms with Crippen LogP contribution >= 0.6 is 0 Å². The maximum atomic E-state index is 5.60. The standard InChI is InChI=1S/C17H28O2/c1-2-3-4-5-9-13-18-14-10-15-19-16-17-11-7-6-8-12-17/h6-8,11-12H,2-5,9-10,13-16H2,1H3. The Balaban J connectivity index is 1.79. The predicted octanol–water partition coefficient (Wildman–Crippen LogP) is 4.58. The molecule has 0 unspecified atom stereocenters. The number of benzene rings is 1. The third-order valence-electron chi connectivity index (χ3n) is 3.08. The topological polar surface area (TPSA) is 18.5 Å². The first-order valence-corrected chi connectivity index (χ1v) is 7.63. The summed E-state index contributed by atoms with van der Waals surface area (Å²) < 4.78 is 11.2. The molecule has 1 rings (SSSR count). The Morgan fingerprint density at radius 1 is 0.737 bits per heavy atom. The van der Waals surface area contributed by atoms with Gasteiger partial charge in [0.2, 0.25) is 0 Å². The highest BCUT2D eigenvalue weighted by molar-refractivity contribution is 5.13. The van der Waals surface area contributed by atoms with Gasteiger partial charge < -0.3 is 9.47 Å². The largest absolute Gasteiger partial charge is 0.381 e. The zero-order chi connectivity index (χ0) is 13.6. The summed E-state index contributed by atoms with van der Waals surface area (Å²) in [5.41, 5.74) is 1.24. The summed E-state index contributed by atoms with van der Waals surface area (Å²) >= 11 is 0. The lowest BCUT2D eigenvalue weighted by Crippen LogP contribution is -2.02. The zero-order valence-electron chi connectivity index (χ0n) is 12.3. The van der Waals surface area contributed by atoms with Gasteiger partial charge >= 0.3 is 0 Å². The summed E-state index contributed by atoms with van der Waals surface area (Å²) in [6.07, 6.45) is 7.50. The highest BCUT2D eigenvalue weighted by Gasteiger charge is 1.93. The first kappa shape index (κ1) is 16.2. The van der Waals surface area contributed by atoms with Crippen LogP contribution in [0.25, 0.3) is 0 Å². The molecule has 0 aliphatic rings. The van der Waals surface area contributed by atoms with Gasteiger partial charge in [-0.15, -0.1) is 0 Å². The molecule has 0 aliphatic carbocycles. The van der Waals surface area contributed by atoms with Crippen molar-refractivity contribution in [3.8, 4) is 0 Å². The summed E-state index contributed by atoms with van der Waals surface area (Å²) in [6.45, 7) is 5.46. The Morgan fingerprint density at radius 3 is 2.21 bits per heavy atom. The van der Waals surface area contributed by atoms with Gasteiger partial charge in [-0.1, -0.05) is 62.9 Å². The molecule has 0 radical (unpaired) electrons. The fourth-order valence-corrected chi connectivity index (χ4v) is 1.94. The quantitative estimate of drug-likeness (QED) is 0.514. The van der Waals surface area contributed by atoms with Crippen LogP contribution in [0.5, 0.6) is 0 Å². The molecule has 1 aromatic rings. The normalized spacial score (nSPS) is 10.8. The molecule has 0 saturated carbocycles. The number of hydrogen-bond donors (Lipinski definition) is 0. The van der Waals surface area contributed by atoms with E-state index in [9.17, 15) is 0 Å². The van der Waals surface area contributed by atoms with E-state index in [0.717, 1.165) is 26.2 Å². The second-order valence-corrected chi connectivity index (χ2v) is 4.92. The average Bonchev–Trinajstić information content (AvgIpc) is 2.46. The predicted molar refractivity (Wildman–Crippen MR) is 80.3 cm³/mol. The molecule has 0 fully saturated rings. The van der Waals surface area contributed by atoms with E-state index in [1.165, 1.54) is 37.7 Å². The Labute approximate surface area is 118 Å². The smallest absolute Gasteiger partial charge is 0.0716 e. The van der Waals surface area contributed by atoms with Gasteiger partial charge in [0.15, 0.2) is 0 Å². The molecule has 0 N–H and O–H groups in total. The lowest BCUT2D eigenvalue weighted by atomic mass is 10.2. The van der Waals surface area contributed by atoms with Crippen LogP contribution in [0.2, 0.25) is 0 Å². The molecule has 0 bridgehead atoms.